The van der Waals surface area contributed by atoms with Crippen LogP contribution in [0.25, 0.3) is 11.4 Å². The molecule has 2 N–H and O–H groups in total. The molecule has 4 rings (SSSR count). The fourth-order valence-electron chi connectivity index (χ4n) is 3.66. The summed E-state index contributed by atoms with van der Waals surface area (Å²) in [6, 6.07) is 16.5. The van der Waals surface area contributed by atoms with Crippen LogP contribution in [-0.4, -0.2) is 66.4 Å². The second kappa shape index (κ2) is 9.30. The van der Waals surface area contributed by atoms with E-state index in [9.17, 15) is 0 Å². The van der Waals surface area contributed by atoms with Gasteiger partial charge < -0.3 is 19.9 Å². The average molecular weight is 406 g/mol. The topological polar surface area (TPSA) is 81.7 Å². The molecule has 0 spiro atoms. The highest BCUT2D eigenvalue weighted by Crippen LogP contribution is 2.20. The third kappa shape index (κ3) is 4.53. The monoisotopic (exact) mass is 405 g/mol. The number of nitrogens with zero attached hydrogens (tertiary/aromatic N) is 5. The van der Waals surface area contributed by atoms with E-state index in [1.807, 2.05) is 31.3 Å². The molecule has 0 amide bonds. The zero-order valence-corrected chi connectivity index (χ0v) is 17.4. The molecule has 8 nitrogen and oxygen atoms in total. The minimum absolute atomic E-state index is 0.702. The molecule has 30 heavy (non-hydrogen) atoms. The first-order valence-corrected chi connectivity index (χ1v) is 10.1. The Balaban J connectivity index is 1.32. The Hall–Kier alpha value is -3.55. The number of benzene rings is 2. The van der Waals surface area contributed by atoms with Crippen LogP contribution in [-0.2, 0) is 6.54 Å². The number of hydrogen-bond donors (Lipinski definition) is 2. The van der Waals surface area contributed by atoms with E-state index in [-0.39, 0.29) is 0 Å². The van der Waals surface area contributed by atoms with Crippen LogP contribution in [0.5, 0.6) is 5.75 Å². The van der Waals surface area contributed by atoms with Crippen molar-refractivity contribution in [3.8, 4) is 17.1 Å². The predicted octanol–water partition coefficient (Wildman–Crippen LogP) is 2.38. The maximum atomic E-state index is 5.25. The molecular weight excluding hydrogens is 378 g/mol. The van der Waals surface area contributed by atoms with E-state index in [1.165, 1.54) is 17.6 Å². The zero-order chi connectivity index (χ0) is 20.8. The van der Waals surface area contributed by atoms with Gasteiger partial charge >= 0.3 is 0 Å². The number of methoxy groups -OCH3 is 1. The van der Waals surface area contributed by atoms with Gasteiger partial charge in [-0.3, -0.25) is 10.1 Å². The van der Waals surface area contributed by atoms with Gasteiger partial charge in [-0.25, -0.2) is 4.98 Å². The van der Waals surface area contributed by atoms with Crippen LogP contribution in [0.2, 0.25) is 0 Å². The SMILES string of the molecule is CN=C(NCc1cccc(-c2ncn[nH]2)c1)N1CCN(c2ccc(OC)cc2)CC1. The molecule has 0 bridgehead atoms. The van der Waals surface area contributed by atoms with E-state index >= 15 is 0 Å². The van der Waals surface area contributed by atoms with Gasteiger partial charge in [-0.15, -0.1) is 0 Å². The van der Waals surface area contributed by atoms with Crippen molar-refractivity contribution < 1.29 is 4.74 Å². The molecule has 1 saturated heterocycles. The van der Waals surface area contributed by atoms with Crippen molar-refractivity contribution in [1.82, 2.24) is 25.4 Å². The Labute approximate surface area is 176 Å². The predicted molar refractivity (Wildman–Crippen MR) is 119 cm³/mol. The van der Waals surface area contributed by atoms with E-state index in [2.05, 4.69) is 59.6 Å². The number of nitrogens with one attached hydrogen (secondary N) is 2. The lowest BCUT2D eigenvalue weighted by Crippen LogP contribution is -2.52. The van der Waals surface area contributed by atoms with Crippen LogP contribution in [0.1, 0.15) is 5.56 Å². The van der Waals surface area contributed by atoms with E-state index in [0.717, 1.165) is 49.3 Å². The minimum atomic E-state index is 0.702. The molecule has 156 valence electrons. The highest BCUT2D eigenvalue weighted by atomic mass is 16.5. The molecule has 8 heteroatoms. The summed E-state index contributed by atoms with van der Waals surface area (Å²) in [5, 5.41) is 10.3. The minimum Gasteiger partial charge on any atom is -0.497 e. The molecule has 1 fully saturated rings. The van der Waals surface area contributed by atoms with Crippen molar-refractivity contribution in [3.05, 3.63) is 60.4 Å². The van der Waals surface area contributed by atoms with Gasteiger partial charge in [-0.1, -0.05) is 18.2 Å². The molecule has 0 saturated carbocycles. The maximum Gasteiger partial charge on any atom is 0.194 e. The Morgan fingerprint density at radius 1 is 1.13 bits per heavy atom. The number of guanidine groups is 1. The second-order valence-corrected chi connectivity index (χ2v) is 7.11. The summed E-state index contributed by atoms with van der Waals surface area (Å²) in [6.45, 7) is 4.45. The molecule has 2 aromatic carbocycles. The number of aromatic nitrogens is 3. The molecule has 1 aliphatic rings. The second-order valence-electron chi connectivity index (χ2n) is 7.11. The zero-order valence-electron chi connectivity index (χ0n) is 17.4. The first-order chi connectivity index (χ1) is 14.8. The molecule has 0 unspecified atom stereocenters. The lowest BCUT2D eigenvalue weighted by molar-refractivity contribution is 0.372. The van der Waals surface area contributed by atoms with Gasteiger partial charge in [0.05, 0.1) is 7.11 Å². The normalized spacial score (nSPS) is 14.7. The van der Waals surface area contributed by atoms with Crippen LogP contribution in [0.4, 0.5) is 5.69 Å². The first-order valence-electron chi connectivity index (χ1n) is 10.1. The summed E-state index contributed by atoms with van der Waals surface area (Å²) >= 11 is 0. The Kier molecular flexibility index (Phi) is 6.12. The van der Waals surface area contributed by atoms with Crippen molar-refractivity contribution in [2.45, 2.75) is 6.54 Å². The summed E-state index contributed by atoms with van der Waals surface area (Å²) in [6.07, 6.45) is 1.52. The third-order valence-corrected chi connectivity index (χ3v) is 5.29. The van der Waals surface area contributed by atoms with Crippen molar-refractivity contribution in [3.63, 3.8) is 0 Å². The van der Waals surface area contributed by atoms with E-state index in [1.54, 1.807) is 7.11 Å². The van der Waals surface area contributed by atoms with Gasteiger partial charge in [0.25, 0.3) is 0 Å². The fourth-order valence-corrected chi connectivity index (χ4v) is 3.66. The number of aromatic amines is 1. The number of anilines is 1. The summed E-state index contributed by atoms with van der Waals surface area (Å²) < 4.78 is 5.25. The number of piperazine rings is 1. The van der Waals surface area contributed by atoms with Crippen molar-refractivity contribution in [1.29, 1.82) is 0 Å². The highest BCUT2D eigenvalue weighted by molar-refractivity contribution is 5.80. The highest BCUT2D eigenvalue weighted by Gasteiger charge is 2.19. The number of H-pyrrole nitrogens is 1. The Morgan fingerprint density at radius 2 is 1.93 bits per heavy atom. The van der Waals surface area contributed by atoms with Gasteiger partial charge in [0.2, 0.25) is 0 Å². The molecule has 0 aliphatic carbocycles. The molecule has 2 heterocycles. The number of aliphatic imine (C=N–C) groups is 1. The largest absolute Gasteiger partial charge is 0.497 e. The molecule has 0 atom stereocenters. The third-order valence-electron chi connectivity index (χ3n) is 5.29. The van der Waals surface area contributed by atoms with Gasteiger partial charge in [0.1, 0.15) is 12.1 Å². The standard InChI is InChI=1S/C22H27N7O/c1-23-22(24-15-17-4-3-5-18(14-17)21-25-16-26-27-21)29-12-10-28(11-13-29)19-6-8-20(30-2)9-7-19/h3-9,14,16H,10-13,15H2,1-2H3,(H,23,24)(H,25,26,27). The Morgan fingerprint density at radius 3 is 2.60 bits per heavy atom. The van der Waals surface area contributed by atoms with Crippen molar-refractivity contribution in [2.75, 3.05) is 45.2 Å². The summed E-state index contributed by atoms with van der Waals surface area (Å²) in [7, 11) is 3.53. The van der Waals surface area contributed by atoms with Crippen LogP contribution in [0.3, 0.4) is 0 Å². The quantitative estimate of drug-likeness (QED) is 0.501. The molecule has 0 radical (unpaired) electrons. The van der Waals surface area contributed by atoms with E-state index < -0.39 is 0 Å². The van der Waals surface area contributed by atoms with Crippen LogP contribution >= 0.6 is 0 Å². The summed E-state index contributed by atoms with van der Waals surface area (Å²) in [5.41, 5.74) is 3.42. The average Bonchev–Trinajstić information content (AvgIpc) is 3.35. The summed E-state index contributed by atoms with van der Waals surface area (Å²) in [5.74, 6) is 2.58. The number of rotatable bonds is 5. The number of hydrogen-bond acceptors (Lipinski definition) is 5. The van der Waals surface area contributed by atoms with E-state index in [4.69, 9.17) is 4.74 Å². The van der Waals surface area contributed by atoms with Crippen molar-refractivity contribution in [2.24, 2.45) is 4.99 Å². The lowest BCUT2D eigenvalue weighted by atomic mass is 10.1. The molecule has 1 aliphatic heterocycles. The smallest absolute Gasteiger partial charge is 0.194 e. The van der Waals surface area contributed by atoms with E-state index in [0.29, 0.717) is 6.54 Å². The Bertz CT molecular complexity index is 961. The van der Waals surface area contributed by atoms with Crippen LogP contribution in [0, 0.1) is 0 Å². The van der Waals surface area contributed by atoms with Gasteiger partial charge in [0, 0.05) is 51.0 Å². The first kappa shape index (κ1) is 19.8. The summed E-state index contributed by atoms with van der Waals surface area (Å²) in [4.78, 5) is 13.4. The molecule has 3 aromatic rings. The maximum absolute atomic E-state index is 5.25. The van der Waals surface area contributed by atoms with Gasteiger partial charge in [0.15, 0.2) is 11.8 Å². The fraction of sp³-hybridized carbons (Fsp3) is 0.318. The molecular formula is C22H27N7O. The van der Waals surface area contributed by atoms with Crippen LogP contribution < -0.4 is 15.0 Å². The lowest BCUT2D eigenvalue weighted by Gasteiger charge is -2.37. The van der Waals surface area contributed by atoms with Crippen LogP contribution in [0.15, 0.2) is 59.9 Å². The number of ether oxygens (including phenoxy) is 1. The van der Waals surface area contributed by atoms with Gasteiger partial charge in [-0.05, 0) is 35.9 Å². The molecule has 1 aromatic heterocycles. The van der Waals surface area contributed by atoms with Gasteiger partial charge in [-0.2, -0.15) is 5.10 Å². The van der Waals surface area contributed by atoms with Crippen molar-refractivity contribution >= 4 is 11.6 Å².